The maximum atomic E-state index is 13.1. The van der Waals surface area contributed by atoms with Crippen LogP contribution in [-0.2, 0) is 15.1 Å². The summed E-state index contributed by atoms with van der Waals surface area (Å²) in [5.74, 6) is -0.435. The first-order valence-electron chi connectivity index (χ1n) is 12.7. The van der Waals surface area contributed by atoms with Gasteiger partial charge < -0.3 is 24.2 Å². The van der Waals surface area contributed by atoms with Crippen molar-refractivity contribution in [3.05, 3.63) is 72.7 Å². The van der Waals surface area contributed by atoms with Crippen molar-refractivity contribution in [1.29, 1.82) is 0 Å². The Morgan fingerprint density at radius 3 is 2.49 bits per heavy atom. The lowest BCUT2D eigenvalue weighted by Gasteiger charge is -2.47. The molecule has 1 atom stereocenters. The molecular weight excluding hydrogens is 513 g/mol. The van der Waals surface area contributed by atoms with Crippen LogP contribution in [0.15, 0.2) is 67.0 Å². The van der Waals surface area contributed by atoms with Crippen LogP contribution in [0.25, 0.3) is 5.82 Å². The number of pyridine rings is 1. The molecule has 0 radical (unpaired) electrons. The smallest absolute Gasteiger partial charge is 0.484 e. The number of halogens is 3. The first kappa shape index (κ1) is 28.0. The average Bonchev–Trinajstić information content (AvgIpc) is 3.57. The predicted octanol–water partition coefficient (Wildman–Crippen LogP) is 4.88. The minimum Gasteiger partial charge on any atom is -0.484 e. The molecule has 1 spiro atoms. The van der Waals surface area contributed by atoms with Crippen molar-refractivity contribution < 1.29 is 32.6 Å². The first-order chi connectivity index (χ1) is 18.5. The molecule has 0 saturated carbocycles. The van der Waals surface area contributed by atoms with Gasteiger partial charge in [0.1, 0.15) is 11.3 Å². The van der Waals surface area contributed by atoms with Crippen molar-refractivity contribution in [2.75, 3.05) is 31.1 Å². The summed E-state index contributed by atoms with van der Waals surface area (Å²) in [4.78, 5) is 31.1. The van der Waals surface area contributed by atoms with Gasteiger partial charge in [0.2, 0.25) is 0 Å². The van der Waals surface area contributed by atoms with Gasteiger partial charge in [-0.1, -0.05) is 32.0 Å². The zero-order valence-electron chi connectivity index (χ0n) is 21.8. The Kier molecular flexibility index (Phi) is 8.17. The predicted molar refractivity (Wildman–Crippen MR) is 139 cm³/mol. The van der Waals surface area contributed by atoms with Gasteiger partial charge in [0.15, 0.2) is 12.4 Å². The molecular formula is C28H31F3N4O4. The molecule has 5 rings (SSSR count). The summed E-state index contributed by atoms with van der Waals surface area (Å²) >= 11 is 0. The van der Waals surface area contributed by atoms with E-state index in [1.54, 1.807) is 0 Å². The summed E-state index contributed by atoms with van der Waals surface area (Å²) in [6.45, 7) is 6.88. The third-order valence-corrected chi connectivity index (χ3v) is 6.91. The van der Waals surface area contributed by atoms with Gasteiger partial charge in [-0.25, -0.2) is 9.78 Å². The molecule has 11 heteroatoms. The van der Waals surface area contributed by atoms with E-state index in [1.807, 2.05) is 47.5 Å². The van der Waals surface area contributed by atoms with Gasteiger partial charge in [0.25, 0.3) is 5.91 Å². The lowest BCUT2D eigenvalue weighted by atomic mass is 9.88. The van der Waals surface area contributed by atoms with Gasteiger partial charge in [0.05, 0.1) is 11.4 Å². The SMILES string of the molecule is CC(C)CCN1c2cccnc2-n2cccc2C12CCN(C(=O)COc1ccccc1)C2.O=C(O)C(F)(F)F. The Morgan fingerprint density at radius 2 is 1.82 bits per heavy atom. The summed E-state index contributed by atoms with van der Waals surface area (Å²) in [7, 11) is 0. The number of para-hydroxylation sites is 1. The summed E-state index contributed by atoms with van der Waals surface area (Å²) in [6, 6.07) is 18.0. The molecule has 8 nitrogen and oxygen atoms in total. The number of amides is 1. The highest BCUT2D eigenvalue weighted by atomic mass is 19.4. The van der Waals surface area contributed by atoms with Crippen LogP contribution >= 0.6 is 0 Å². The van der Waals surface area contributed by atoms with Crippen LogP contribution in [0, 0.1) is 5.92 Å². The molecule has 0 aliphatic carbocycles. The largest absolute Gasteiger partial charge is 0.490 e. The number of benzene rings is 1. The van der Waals surface area contributed by atoms with Crippen LogP contribution in [0.4, 0.5) is 18.9 Å². The molecule has 2 aliphatic heterocycles. The van der Waals surface area contributed by atoms with E-state index >= 15 is 0 Å². The number of hydrogen-bond acceptors (Lipinski definition) is 5. The average molecular weight is 545 g/mol. The van der Waals surface area contributed by atoms with Crippen molar-refractivity contribution in [2.45, 2.75) is 38.4 Å². The molecule has 1 amide bonds. The Balaban J connectivity index is 0.000000448. The van der Waals surface area contributed by atoms with Gasteiger partial charge in [0, 0.05) is 32.0 Å². The number of rotatable bonds is 6. The number of aromatic nitrogens is 2. The van der Waals surface area contributed by atoms with Crippen molar-refractivity contribution in [2.24, 2.45) is 5.92 Å². The number of carboxylic acids is 1. The number of carbonyl (C=O) groups is 2. The highest BCUT2D eigenvalue weighted by molar-refractivity contribution is 5.79. The molecule has 208 valence electrons. The third-order valence-electron chi connectivity index (χ3n) is 6.91. The second-order valence-corrected chi connectivity index (χ2v) is 9.95. The summed E-state index contributed by atoms with van der Waals surface area (Å²) < 4.78 is 39.7. The number of ether oxygens (including phenoxy) is 1. The second-order valence-electron chi connectivity index (χ2n) is 9.95. The van der Waals surface area contributed by atoms with Crippen molar-refractivity contribution in [1.82, 2.24) is 14.5 Å². The van der Waals surface area contributed by atoms with Crippen molar-refractivity contribution >= 4 is 17.6 Å². The molecule has 3 aromatic rings. The zero-order valence-corrected chi connectivity index (χ0v) is 21.8. The highest BCUT2D eigenvalue weighted by Gasteiger charge is 2.50. The fraction of sp³-hybridized carbons (Fsp3) is 0.393. The van der Waals surface area contributed by atoms with E-state index in [9.17, 15) is 18.0 Å². The maximum Gasteiger partial charge on any atom is 0.490 e. The van der Waals surface area contributed by atoms with Gasteiger partial charge in [-0.15, -0.1) is 0 Å². The quantitative estimate of drug-likeness (QED) is 0.476. The van der Waals surface area contributed by atoms with Crippen LogP contribution in [-0.4, -0.2) is 63.9 Å². The maximum absolute atomic E-state index is 13.1. The fourth-order valence-corrected chi connectivity index (χ4v) is 5.01. The number of anilines is 1. The lowest BCUT2D eigenvalue weighted by molar-refractivity contribution is -0.192. The summed E-state index contributed by atoms with van der Waals surface area (Å²) in [5, 5.41) is 7.12. The van der Waals surface area contributed by atoms with E-state index in [-0.39, 0.29) is 18.1 Å². The molecule has 1 saturated heterocycles. The normalized spacial score (nSPS) is 17.9. The summed E-state index contributed by atoms with van der Waals surface area (Å²) in [6.07, 6.45) is 0.834. The van der Waals surface area contributed by atoms with Gasteiger partial charge >= 0.3 is 12.1 Å². The van der Waals surface area contributed by atoms with E-state index < -0.39 is 12.1 Å². The minimum atomic E-state index is -5.08. The Bertz CT molecular complexity index is 1300. The second kappa shape index (κ2) is 11.4. The highest BCUT2D eigenvalue weighted by Crippen LogP contribution is 2.47. The molecule has 39 heavy (non-hydrogen) atoms. The Morgan fingerprint density at radius 1 is 1.10 bits per heavy atom. The van der Waals surface area contributed by atoms with Crippen LogP contribution < -0.4 is 9.64 Å². The topological polar surface area (TPSA) is 87.9 Å². The Hall–Kier alpha value is -4.02. The number of hydrogen-bond donors (Lipinski definition) is 1. The molecule has 2 aliphatic rings. The number of fused-ring (bicyclic) bond motifs is 4. The molecule has 1 N–H and O–H groups in total. The molecule has 2 aromatic heterocycles. The lowest BCUT2D eigenvalue weighted by Crippen LogP contribution is -2.53. The van der Waals surface area contributed by atoms with E-state index in [4.69, 9.17) is 19.6 Å². The number of aliphatic carboxylic acids is 1. The fourth-order valence-electron chi connectivity index (χ4n) is 5.01. The first-order valence-corrected chi connectivity index (χ1v) is 12.7. The Labute approximate surface area is 224 Å². The van der Waals surface area contributed by atoms with Crippen LogP contribution in [0.3, 0.4) is 0 Å². The van der Waals surface area contributed by atoms with Crippen molar-refractivity contribution in [3.63, 3.8) is 0 Å². The minimum absolute atomic E-state index is 0.0321. The number of nitrogens with zero attached hydrogens (tertiary/aromatic N) is 4. The van der Waals surface area contributed by atoms with Gasteiger partial charge in [-0.2, -0.15) is 13.2 Å². The number of likely N-dealkylation sites (tertiary alicyclic amines) is 1. The number of alkyl halides is 3. The third kappa shape index (κ3) is 6.02. The molecule has 1 fully saturated rings. The van der Waals surface area contributed by atoms with Gasteiger partial charge in [-0.05, 0) is 55.2 Å². The van der Waals surface area contributed by atoms with Gasteiger partial charge in [-0.3, -0.25) is 4.79 Å². The van der Waals surface area contributed by atoms with Crippen molar-refractivity contribution in [3.8, 4) is 11.6 Å². The number of carbonyl (C=O) groups excluding carboxylic acids is 1. The molecule has 4 heterocycles. The molecule has 0 bridgehead atoms. The number of carboxylic acid groups (broad SMARTS) is 1. The van der Waals surface area contributed by atoms with E-state index in [1.165, 1.54) is 5.69 Å². The van der Waals surface area contributed by atoms with Crippen LogP contribution in [0.2, 0.25) is 0 Å². The van der Waals surface area contributed by atoms with Crippen LogP contribution in [0.5, 0.6) is 5.75 Å². The zero-order chi connectivity index (χ0) is 28.2. The summed E-state index contributed by atoms with van der Waals surface area (Å²) in [5.41, 5.74) is 2.11. The van der Waals surface area contributed by atoms with E-state index in [0.717, 1.165) is 43.2 Å². The van der Waals surface area contributed by atoms with E-state index in [2.05, 4.69) is 47.7 Å². The molecule has 1 unspecified atom stereocenters. The van der Waals surface area contributed by atoms with E-state index in [0.29, 0.717) is 12.5 Å². The standard InChI is InChI=1S/C26H30N4O2.C2HF3O2/c1-20(2)12-16-30-22-10-6-14-27-25(22)29-15-7-11-23(29)26(30)13-17-28(19-26)24(31)18-32-21-8-4-3-5-9-21;3-2(4,5)1(6)7/h3-11,14-15,20H,12-13,16-19H2,1-2H3;(H,6,7). The van der Waals surface area contributed by atoms with Crippen LogP contribution in [0.1, 0.15) is 32.4 Å². The monoisotopic (exact) mass is 544 g/mol. The molecule has 1 aromatic carbocycles.